The highest BCUT2D eigenvalue weighted by atomic mass is 14.9. The lowest BCUT2D eigenvalue weighted by molar-refractivity contribution is 1.23. The number of benzene rings is 9. The molecule has 2 aromatic heterocycles. The topological polar surface area (TPSA) is 38.7 Å². The van der Waals surface area contributed by atoms with Crippen LogP contribution in [0.1, 0.15) is 0 Å². The van der Waals surface area contributed by atoms with E-state index in [-0.39, 0.29) is 0 Å². The van der Waals surface area contributed by atoms with Crippen LogP contribution in [0.4, 0.5) is 0 Å². The highest BCUT2D eigenvalue weighted by Gasteiger charge is 2.17. The quantitative estimate of drug-likeness (QED) is 0.167. The number of hydrogen-bond acceptors (Lipinski definition) is 3. The van der Waals surface area contributed by atoms with Gasteiger partial charge in [-0.25, -0.2) is 15.0 Å². The Morgan fingerprint density at radius 3 is 1.55 bits per heavy atom. The van der Waals surface area contributed by atoms with Crippen LogP contribution in [0.3, 0.4) is 0 Å². The van der Waals surface area contributed by atoms with Crippen molar-refractivity contribution in [1.29, 1.82) is 0 Å². The van der Waals surface area contributed by atoms with Gasteiger partial charge in [0.2, 0.25) is 0 Å². The van der Waals surface area contributed by atoms with Gasteiger partial charge in [0.25, 0.3) is 0 Å². The lowest BCUT2D eigenvalue weighted by Crippen LogP contribution is -1.95. The largest absolute Gasteiger partial charge is 0.247 e. The minimum absolute atomic E-state index is 0.720. The zero-order chi connectivity index (χ0) is 37.0. The Kier molecular flexibility index (Phi) is 7.49. The first kappa shape index (κ1) is 32.0. The van der Waals surface area contributed by atoms with Gasteiger partial charge in [-0.2, -0.15) is 0 Å². The fourth-order valence-electron chi connectivity index (χ4n) is 8.29. The second-order valence-electron chi connectivity index (χ2n) is 14.4. The summed E-state index contributed by atoms with van der Waals surface area (Å²) in [6.45, 7) is 0. The third kappa shape index (κ3) is 5.40. The molecule has 56 heavy (non-hydrogen) atoms. The lowest BCUT2D eigenvalue weighted by Gasteiger charge is -2.16. The first-order chi connectivity index (χ1) is 27.7. The van der Waals surface area contributed by atoms with Crippen molar-refractivity contribution in [3.63, 3.8) is 0 Å². The molecule has 11 aromatic rings. The summed E-state index contributed by atoms with van der Waals surface area (Å²) in [5.74, 6) is 0.720. The Balaban J connectivity index is 1.00. The Morgan fingerprint density at radius 1 is 0.268 bits per heavy atom. The van der Waals surface area contributed by atoms with Gasteiger partial charge in [-0.05, 0) is 68.1 Å². The second kappa shape index (κ2) is 13.1. The van der Waals surface area contributed by atoms with Gasteiger partial charge in [-0.3, -0.25) is 0 Å². The SMILES string of the molecule is c1ccc(-c2nc(-c3ccc(-c4ccc(-c5cc6c(-c7ccc8ccccc8c7)nc7ccccc7c6c6ccccc56)cc4)cc3)nc3ccccc23)cc1. The molecule has 3 heteroatoms. The second-order valence-corrected chi connectivity index (χ2v) is 14.4. The van der Waals surface area contributed by atoms with Gasteiger partial charge in [0.05, 0.1) is 22.4 Å². The van der Waals surface area contributed by atoms with Crippen LogP contribution in [0.2, 0.25) is 0 Å². The maximum atomic E-state index is 5.33. The van der Waals surface area contributed by atoms with Crippen molar-refractivity contribution < 1.29 is 0 Å². The van der Waals surface area contributed by atoms with Crippen molar-refractivity contribution >= 4 is 54.1 Å². The number of hydrogen-bond donors (Lipinski definition) is 0. The normalized spacial score (nSPS) is 11.6. The van der Waals surface area contributed by atoms with E-state index in [0.29, 0.717) is 0 Å². The van der Waals surface area contributed by atoms with Crippen LogP contribution in [-0.4, -0.2) is 15.0 Å². The molecule has 0 aliphatic carbocycles. The zero-order valence-electron chi connectivity index (χ0n) is 30.4. The molecular formula is C53H33N3. The van der Waals surface area contributed by atoms with Gasteiger partial charge in [0, 0.05) is 38.2 Å². The van der Waals surface area contributed by atoms with Crippen molar-refractivity contribution in [2.24, 2.45) is 0 Å². The van der Waals surface area contributed by atoms with E-state index in [0.717, 1.165) is 66.8 Å². The first-order valence-corrected chi connectivity index (χ1v) is 19.0. The molecule has 0 unspecified atom stereocenters. The average Bonchev–Trinajstić information content (AvgIpc) is 3.28. The van der Waals surface area contributed by atoms with Crippen molar-refractivity contribution in [3.05, 3.63) is 200 Å². The number of para-hydroxylation sites is 2. The average molecular weight is 712 g/mol. The maximum Gasteiger partial charge on any atom is 0.160 e. The number of aromatic nitrogens is 3. The molecule has 9 aromatic carbocycles. The molecule has 0 saturated carbocycles. The van der Waals surface area contributed by atoms with E-state index < -0.39 is 0 Å². The van der Waals surface area contributed by atoms with Crippen LogP contribution in [-0.2, 0) is 0 Å². The lowest BCUT2D eigenvalue weighted by atomic mass is 9.89. The van der Waals surface area contributed by atoms with Crippen LogP contribution >= 0.6 is 0 Å². The number of rotatable bonds is 5. The Hall–Kier alpha value is -7.49. The van der Waals surface area contributed by atoms with Crippen molar-refractivity contribution in [3.8, 4) is 56.2 Å². The highest BCUT2D eigenvalue weighted by molar-refractivity contribution is 6.25. The Bertz CT molecular complexity index is 3280. The van der Waals surface area contributed by atoms with E-state index in [4.69, 9.17) is 15.0 Å². The molecule has 0 atom stereocenters. The molecule has 0 aliphatic heterocycles. The first-order valence-electron chi connectivity index (χ1n) is 19.0. The fourth-order valence-corrected chi connectivity index (χ4v) is 8.29. The standard InChI is InChI=1S/C53H33N3/c1-2-13-38(14-3-1)51-45-19-9-11-21-49(45)55-53(56-51)39-29-24-36(25-30-39)35-22-27-37(28-23-35)46-33-47-50(43-17-7-6-16-42(43)46)44-18-8-10-20-48(44)54-52(47)41-31-26-34-12-4-5-15-40(34)32-41/h1-33H. The van der Waals surface area contributed by atoms with E-state index in [1.165, 1.54) is 43.4 Å². The molecule has 0 saturated heterocycles. The van der Waals surface area contributed by atoms with E-state index in [1.807, 2.05) is 18.2 Å². The van der Waals surface area contributed by atoms with Gasteiger partial charge in [0.15, 0.2) is 5.82 Å². The number of pyridine rings is 1. The smallest absolute Gasteiger partial charge is 0.160 e. The predicted molar refractivity (Wildman–Crippen MR) is 235 cm³/mol. The van der Waals surface area contributed by atoms with Gasteiger partial charge in [0.1, 0.15) is 0 Å². The third-order valence-corrected chi connectivity index (χ3v) is 11.1. The molecule has 0 spiro atoms. The maximum absolute atomic E-state index is 5.33. The Labute approximate surface area is 324 Å². The van der Waals surface area contributed by atoms with Crippen LogP contribution < -0.4 is 0 Å². The van der Waals surface area contributed by atoms with E-state index in [9.17, 15) is 0 Å². The van der Waals surface area contributed by atoms with E-state index >= 15 is 0 Å². The molecule has 0 bridgehead atoms. The van der Waals surface area contributed by atoms with Crippen LogP contribution in [0, 0.1) is 0 Å². The number of nitrogens with zero attached hydrogens (tertiary/aromatic N) is 3. The van der Waals surface area contributed by atoms with Crippen molar-refractivity contribution in [2.75, 3.05) is 0 Å². The molecule has 11 rings (SSSR count). The highest BCUT2D eigenvalue weighted by Crippen LogP contribution is 2.42. The fraction of sp³-hybridized carbons (Fsp3) is 0. The number of fused-ring (bicyclic) bond motifs is 7. The summed E-state index contributed by atoms with van der Waals surface area (Å²) in [6, 6.07) is 71.0. The summed E-state index contributed by atoms with van der Waals surface area (Å²) in [7, 11) is 0. The van der Waals surface area contributed by atoms with Crippen LogP contribution in [0.15, 0.2) is 200 Å². The Morgan fingerprint density at radius 2 is 0.804 bits per heavy atom. The summed E-state index contributed by atoms with van der Waals surface area (Å²) < 4.78 is 0. The van der Waals surface area contributed by atoms with E-state index in [2.05, 4.69) is 182 Å². The summed E-state index contributed by atoms with van der Waals surface area (Å²) in [5, 5.41) is 9.49. The summed E-state index contributed by atoms with van der Waals surface area (Å²) >= 11 is 0. The molecule has 260 valence electrons. The molecular weight excluding hydrogens is 679 g/mol. The van der Waals surface area contributed by atoms with Crippen molar-refractivity contribution in [1.82, 2.24) is 15.0 Å². The van der Waals surface area contributed by atoms with Gasteiger partial charge < -0.3 is 0 Å². The molecule has 0 aliphatic rings. The molecule has 0 fully saturated rings. The molecule has 3 nitrogen and oxygen atoms in total. The van der Waals surface area contributed by atoms with E-state index in [1.54, 1.807) is 0 Å². The van der Waals surface area contributed by atoms with Crippen molar-refractivity contribution in [2.45, 2.75) is 0 Å². The minimum atomic E-state index is 0.720. The summed E-state index contributed by atoms with van der Waals surface area (Å²) in [6.07, 6.45) is 0. The summed E-state index contributed by atoms with van der Waals surface area (Å²) in [5.41, 5.74) is 11.7. The molecule has 2 heterocycles. The third-order valence-electron chi connectivity index (χ3n) is 11.1. The molecule has 0 radical (unpaired) electrons. The van der Waals surface area contributed by atoms with Crippen LogP contribution in [0.25, 0.3) is 110 Å². The molecule has 0 amide bonds. The minimum Gasteiger partial charge on any atom is -0.247 e. The summed E-state index contributed by atoms with van der Waals surface area (Å²) in [4.78, 5) is 15.4. The predicted octanol–water partition coefficient (Wildman–Crippen LogP) is 14.0. The monoisotopic (exact) mass is 711 g/mol. The van der Waals surface area contributed by atoms with Gasteiger partial charge in [-0.1, -0.05) is 176 Å². The zero-order valence-corrected chi connectivity index (χ0v) is 30.4. The molecule has 0 N–H and O–H groups in total. The van der Waals surface area contributed by atoms with Gasteiger partial charge >= 0.3 is 0 Å². The van der Waals surface area contributed by atoms with Crippen LogP contribution in [0.5, 0.6) is 0 Å². The van der Waals surface area contributed by atoms with Gasteiger partial charge in [-0.15, -0.1) is 0 Å².